The standard InChI is InChI=1S/C20H25N3O/c1-15-8-10-16(11-9-15)20(24)23-18-12-13-19(21-14-18)22-17-6-4-2-3-5-7-17/h8-14,17H,2-7H2,1H3,(H,21,22)(H,23,24). The topological polar surface area (TPSA) is 54.0 Å². The van der Waals surface area contributed by atoms with Crippen molar-refractivity contribution in [2.24, 2.45) is 0 Å². The first kappa shape index (κ1) is 16.5. The lowest BCUT2D eigenvalue weighted by molar-refractivity contribution is 0.102. The summed E-state index contributed by atoms with van der Waals surface area (Å²) in [6.07, 6.45) is 9.42. The van der Waals surface area contributed by atoms with Crippen LogP contribution >= 0.6 is 0 Å². The number of aryl methyl sites for hydroxylation is 1. The van der Waals surface area contributed by atoms with Crippen molar-refractivity contribution in [3.63, 3.8) is 0 Å². The third-order valence-corrected chi connectivity index (χ3v) is 4.54. The average Bonchev–Trinajstić information content (AvgIpc) is 2.86. The predicted octanol–water partition coefficient (Wildman–Crippen LogP) is 4.78. The number of carbonyl (C=O) groups excluding carboxylic acids is 1. The maximum absolute atomic E-state index is 12.2. The molecule has 126 valence electrons. The van der Waals surface area contributed by atoms with Gasteiger partial charge in [0.25, 0.3) is 5.91 Å². The van der Waals surface area contributed by atoms with E-state index >= 15 is 0 Å². The minimum Gasteiger partial charge on any atom is -0.367 e. The molecule has 1 aliphatic carbocycles. The van der Waals surface area contributed by atoms with E-state index in [0.29, 0.717) is 17.3 Å². The lowest BCUT2D eigenvalue weighted by Crippen LogP contribution is -2.19. The van der Waals surface area contributed by atoms with E-state index in [0.717, 1.165) is 11.4 Å². The summed E-state index contributed by atoms with van der Waals surface area (Å²) in [6, 6.07) is 11.9. The number of amides is 1. The molecule has 4 nitrogen and oxygen atoms in total. The fourth-order valence-electron chi connectivity index (χ4n) is 3.09. The second kappa shape index (κ2) is 7.95. The summed E-state index contributed by atoms with van der Waals surface area (Å²) in [5.74, 6) is 0.775. The van der Waals surface area contributed by atoms with Crippen LogP contribution in [0.1, 0.15) is 54.4 Å². The molecule has 0 aliphatic heterocycles. The Morgan fingerprint density at radius 1 is 1.00 bits per heavy atom. The zero-order valence-corrected chi connectivity index (χ0v) is 14.2. The van der Waals surface area contributed by atoms with Gasteiger partial charge in [-0.15, -0.1) is 0 Å². The van der Waals surface area contributed by atoms with E-state index in [1.54, 1.807) is 6.20 Å². The summed E-state index contributed by atoms with van der Waals surface area (Å²) in [5.41, 5.74) is 2.51. The second-order valence-electron chi connectivity index (χ2n) is 6.59. The van der Waals surface area contributed by atoms with Gasteiger partial charge in [0.2, 0.25) is 0 Å². The quantitative estimate of drug-likeness (QED) is 0.796. The number of aromatic nitrogens is 1. The highest BCUT2D eigenvalue weighted by Gasteiger charge is 2.12. The summed E-state index contributed by atoms with van der Waals surface area (Å²) in [7, 11) is 0. The Morgan fingerprint density at radius 2 is 1.71 bits per heavy atom. The van der Waals surface area contributed by atoms with Gasteiger partial charge >= 0.3 is 0 Å². The third kappa shape index (κ3) is 4.57. The van der Waals surface area contributed by atoms with Crippen molar-refractivity contribution in [1.82, 2.24) is 4.98 Å². The molecule has 1 fully saturated rings. The smallest absolute Gasteiger partial charge is 0.255 e. The number of anilines is 2. The average molecular weight is 323 g/mol. The maximum Gasteiger partial charge on any atom is 0.255 e. The van der Waals surface area contributed by atoms with Gasteiger partial charge < -0.3 is 10.6 Å². The van der Waals surface area contributed by atoms with Crippen molar-refractivity contribution >= 4 is 17.4 Å². The fraction of sp³-hybridized carbons (Fsp3) is 0.400. The summed E-state index contributed by atoms with van der Waals surface area (Å²) in [5, 5.41) is 6.40. The number of carbonyl (C=O) groups is 1. The number of rotatable bonds is 4. The Morgan fingerprint density at radius 3 is 2.33 bits per heavy atom. The number of benzene rings is 1. The van der Waals surface area contributed by atoms with E-state index < -0.39 is 0 Å². The van der Waals surface area contributed by atoms with Gasteiger partial charge in [0.05, 0.1) is 11.9 Å². The molecule has 0 bridgehead atoms. The van der Waals surface area contributed by atoms with Crippen molar-refractivity contribution < 1.29 is 4.79 Å². The van der Waals surface area contributed by atoms with Gasteiger partial charge in [0, 0.05) is 11.6 Å². The molecule has 1 amide bonds. The van der Waals surface area contributed by atoms with Gasteiger partial charge in [0.15, 0.2) is 0 Å². The molecule has 1 aliphatic rings. The normalized spacial score (nSPS) is 15.5. The molecule has 1 aromatic heterocycles. The minimum absolute atomic E-state index is 0.110. The minimum atomic E-state index is -0.110. The Bertz CT molecular complexity index is 656. The van der Waals surface area contributed by atoms with Crippen LogP contribution in [-0.4, -0.2) is 16.9 Å². The van der Waals surface area contributed by atoms with Crippen LogP contribution in [0.5, 0.6) is 0 Å². The largest absolute Gasteiger partial charge is 0.367 e. The number of pyridine rings is 1. The monoisotopic (exact) mass is 323 g/mol. The molecule has 4 heteroatoms. The van der Waals surface area contributed by atoms with Gasteiger partial charge in [-0.3, -0.25) is 4.79 Å². The Balaban J connectivity index is 1.57. The first-order chi connectivity index (χ1) is 11.7. The second-order valence-corrected chi connectivity index (χ2v) is 6.59. The van der Waals surface area contributed by atoms with Crippen LogP contribution in [0.4, 0.5) is 11.5 Å². The SMILES string of the molecule is Cc1ccc(C(=O)Nc2ccc(NC3CCCCCC3)nc2)cc1. The van der Waals surface area contributed by atoms with Crippen molar-refractivity contribution in [1.29, 1.82) is 0 Å². The van der Waals surface area contributed by atoms with Crippen LogP contribution in [0.3, 0.4) is 0 Å². The van der Waals surface area contributed by atoms with E-state index in [9.17, 15) is 4.79 Å². The van der Waals surface area contributed by atoms with Crippen LogP contribution in [-0.2, 0) is 0 Å². The summed E-state index contributed by atoms with van der Waals surface area (Å²) < 4.78 is 0. The molecule has 0 unspecified atom stereocenters. The summed E-state index contributed by atoms with van der Waals surface area (Å²) >= 11 is 0. The zero-order valence-electron chi connectivity index (χ0n) is 14.2. The maximum atomic E-state index is 12.2. The molecule has 1 aromatic carbocycles. The Labute approximate surface area is 143 Å². The summed E-state index contributed by atoms with van der Waals surface area (Å²) in [6.45, 7) is 2.01. The molecule has 0 spiro atoms. The van der Waals surface area contributed by atoms with E-state index in [1.807, 2.05) is 43.3 Å². The van der Waals surface area contributed by atoms with Crippen molar-refractivity contribution in [2.75, 3.05) is 10.6 Å². The van der Waals surface area contributed by atoms with Gasteiger partial charge in [-0.2, -0.15) is 0 Å². The molecular formula is C20H25N3O. The molecule has 1 heterocycles. The van der Waals surface area contributed by atoms with E-state index in [2.05, 4.69) is 15.6 Å². The molecule has 3 rings (SSSR count). The first-order valence-electron chi connectivity index (χ1n) is 8.81. The Hall–Kier alpha value is -2.36. The van der Waals surface area contributed by atoms with E-state index in [1.165, 1.54) is 38.5 Å². The lowest BCUT2D eigenvalue weighted by atomic mass is 10.1. The molecule has 0 radical (unpaired) electrons. The lowest BCUT2D eigenvalue weighted by Gasteiger charge is -2.17. The third-order valence-electron chi connectivity index (χ3n) is 4.54. The number of nitrogens with one attached hydrogen (secondary N) is 2. The predicted molar refractivity (Wildman–Crippen MR) is 98.5 cm³/mol. The number of hydrogen-bond donors (Lipinski definition) is 2. The highest BCUT2D eigenvalue weighted by atomic mass is 16.1. The number of hydrogen-bond acceptors (Lipinski definition) is 3. The van der Waals surface area contributed by atoms with Gasteiger partial charge in [-0.25, -0.2) is 4.98 Å². The molecule has 0 atom stereocenters. The molecule has 1 saturated carbocycles. The highest BCUT2D eigenvalue weighted by Crippen LogP contribution is 2.21. The summed E-state index contributed by atoms with van der Waals surface area (Å²) in [4.78, 5) is 16.6. The van der Waals surface area contributed by atoms with Gasteiger partial charge in [-0.05, 0) is 44.0 Å². The van der Waals surface area contributed by atoms with Crippen LogP contribution in [0.2, 0.25) is 0 Å². The number of nitrogens with zero attached hydrogens (tertiary/aromatic N) is 1. The molecule has 2 aromatic rings. The van der Waals surface area contributed by atoms with Gasteiger partial charge in [0.1, 0.15) is 5.82 Å². The zero-order chi connectivity index (χ0) is 16.8. The van der Waals surface area contributed by atoms with E-state index in [-0.39, 0.29) is 5.91 Å². The molecule has 2 N–H and O–H groups in total. The molecular weight excluding hydrogens is 298 g/mol. The fourth-order valence-corrected chi connectivity index (χ4v) is 3.09. The Kier molecular flexibility index (Phi) is 5.47. The van der Waals surface area contributed by atoms with Crippen LogP contribution in [0.25, 0.3) is 0 Å². The van der Waals surface area contributed by atoms with Gasteiger partial charge in [-0.1, -0.05) is 43.4 Å². The highest BCUT2D eigenvalue weighted by molar-refractivity contribution is 6.04. The van der Waals surface area contributed by atoms with Crippen LogP contribution < -0.4 is 10.6 Å². The molecule has 0 saturated heterocycles. The van der Waals surface area contributed by atoms with Crippen LogP contribution in [0.15, 0.2) is 42.6 Å². The van der Waals surface area contributed by atoms with Crippen LogP contribution in [0, 0.1) is 6.92 Å². The van der Waals surface area contributed by atoms with Crippen molar-refractivity contribution in [3.05, 3.63) is 53.7 Å². The van der Waals surface area contributed by atoms with E-state index in [4.69, 9.17) is 0 Å². The molecule has 24 heavy (non-hydrogen) atoms. The van der Waals surface area contributed by atoms with Crippen molar-refractivity contribution in [3.8, 4) is 0 Å². The van der Waals surface area contributed by atoms with Crippen molar-refractivity contribution in [2.45, 2.75) is 51.5 Å². The first-order valence-corrected chi connectivity index (χ1v) is 8.81.